The summed E-state index contributed by atoms with van der Waals surface area (Å²) in [5, 5.41) is 6.74. The summed E-state index contributed by atoms with van der Waals surface area (Å²) >= 11 is 0. The van der Waals surface area contributed by atoms with Crippen molar-refractivity contribution < 1.29 is 9.53 Å². The van der Waals surface area contributed by atoms with Gasteiger partial charge in [-0.15, -0.1) is 0 Å². The fraction of sp³-hybridized carbons (Fsp3) is 0.471. The standard InChI is InChI=1S/C17H22N6O2/c1-25-16-13(11-8-19-20-9-11)2-3-15(21-16)23-7-5-14(17(23)24)22-6-4-12(18)10-22/h2-3,8-9,12,14H,4-7,10,18H2,1H3,(H,19,20). The lowest BCUT2D eigenvalue weighted by molar-refractivity contribution is -0.121. The van der Waals surface area contributed by atoms with Crippen LogP contribution in [0.25, 0.3) is 11.1 Å². The van der Waals surface area contributed by atoms with Crippen molar-refractivity contribution in [3.63, 3.8) is 0 Å². The molecule has 2 unspecified atom stereocenters. The third kappa shape index (κ3) is 2.87. The number of amides is 1. The van der Waals surface area contributed by atoms with Crippen LogP contribution in [0.4, 0.5) is 5.82 Å². The number of methoxy groups -OCH3 is 1. The molecule has 8 heteroatoms. The number of ether oxygens (including phenoxy) is 1. The van der Waals surface area contributed by atoms with Gasteiger partial charge in [0.2, 0.25) is 11.8 Å². The number of carbonyl (C=O) groups excluding carboxylic acids is 1. The Bertz CT molecular complexity index is 763. The molecule has 3 N–H and O–H groups in total. The molecule has 0 aromatic carbocycles. The van der Waals surface area contributed by atoms with E-state index in [4.69, 9.17) is 10.5 Å². The van der Waals surface area contributed by atoms with Gasteiger partial charge in [-0.1, -0.05) is 0 Å². The number of nitrogens with zero attached hydrogens (tertiary/aromatic N) is 4. The van der Waals surface area contributed by atoms with E-state index in [1.54, 1.807) is 24.4 Å². The van der Waals surface area contributed by atoms with Gasteiger partial charge in [-0.25, -0.2) is 0 Å². The Labute approximate surface area is 146 Å². The first-order valence-electron chi connectivity index (χ1n) is 8.52. The number of aromatic amines is 1. The number of likely N-dealkylation sites (tertiary alicyclic amines) is 1. The Balaban J connectivity index is 1.57. The maximum Gasteiger partial charge on any atom is 0.245 e. The number of carbonyl (C=O) groups is 1. The molecule has 0 bridgehead atoms. The second-order valence-corrected chi connectivity index (χ2v) is 6.55. The normalized spacial score (nSPS) is 24.2. The van der Waals surface area contributed by atoms with E-state index in [0.717, 1.165) is 37.1 Å². The number of pyridine rings is 1. The summed E-state index contributed by atoms with van der Waals surface area (Å²) in [6.07, 6.45) is 5.26. The van der Waals surface area contributed by atoms with E-state index in [1.165, 1.54) is 0 Å². The fourth-order valence-corrected chi connectivity index (χ4v) is 3.68. The van der Waals surface area contributed by atoms with Gasteiger partial charge >= 0.3 is 0 Å². The molecule has 2 aromatic heterocycles. The van der Waals surface area contributed by atoms with Gasteiger partial charge in [-0.05, 0) is 25.0 Å². The minimum Gasteiger partial charge on any atom is -0.480 e. The zero-order valence-electron chi connectivity index (χ0n) is 14.2. The van der Waals surface area contributed by atoms with Crippen LogP contribution in [0.1, 0.15) is 12.8 Å². The van der Waals surface area contributed by atoms with E-state index < -0.39 is 0 Å². The van der Waals surface area contributed by atoms with E-state index in [0.29, 0.717) is 18.2 Å². The molecule has 4 rings (SSSR count). The number of H-pyrrole nitrogens is 1. The van der Waals surface area contributed by atoms with E-state index in [-0.39, 0.29) is 18.0 Å². The van der Waals surface area contributed by atoms with Crippen LogP contribution in [0.2, 0.25) is 0 Å². The largest absolute Gasteiger partial charge is 0.480 e. The van der Waals surface area contributed by atoms with Crippen molar-refractivity contribution in [2.45, 2.75) is 24.9 Å². The highest BCUT2D eigenvalue weighted by Crippen LogP contribution is 2.32. The van der Waals surface area contributed by atoms with Gasteiger partial charge in [-0.2, -0.15) is 10.1 Å². The molecular formula is C17H22N6O2. The zero-order chi connectivity index (χ0) is 17.4. The summed E-state index contributed by atoms with van der Waals surface area (Å²) < 4.78 is 5.43. The molecule has 2 fully saturated rings. The van der Waals surface area contributed by atoms with Gasteiger partial charge in [0.15, 0.2) is 0 Å². The Morgan fingerprint density at radius 1 is 1.32 bits per heavy atom. The molecule has 0 saturated carbocycles. The predicted molar refractivity (Wildman–Crippen MR) is 93.3 cm³/mol. The molecule has 2 aliphatic rings. The molecule has 2 aliphatic heterocycles. The Morgan fingerprint density at radius 3 is 2.88 bits per heavy atom. The zero-order valence-corrected chi connectivity index (χ0v) is 14.2. The van der Waals surface area contributed by atoms with Crippen LogP contribution in [-0.2, 0) is 4.79 Å². The lowest BCUT2D eigenvalue weighted by Crippen LogP contribution is -2.42. The highest BCUT2D eigenvalue weighted by Gasteiger charge is 2.39. The molecule has 1 amide bonds. The van der Waals surface area contributed by atoms with E-state index in [9.17, 15) is 4.79 Å². The quantitative estimate of drug-likeness (QED) is 0.845. The van der Waals surface area contributed by atoms with Crippen molar-refractivity contribution in [2.24, 2.45) is 5.73 Å². The number of rotatable bonds is 4. The molecule has 2 saturated heterocycles. The number of nitrogens with two attached hydrogens (primary N) is 1. The molecule has 132 valence electrons. The summed E-state index contributed by atoms with van der Waals surface area (Å²) in [6, 6.07) is 3.86. The highest BCUT2D eigenvalue weighted by atomic mass is 16.5. The Kier molecular flexibility index (Phi) is 4.14. The second kappa shape index (κ2) is 6.45. The van der Waals surface area contributed by atoms with Crippen molar-refractivity contribution in [2.75, 3.05) is 31.6 Å². The number of nitrogens with one attached hydrogen (secondary N) is 1. The van der Waals surface area contributed by atoms with Crippen LogP contribution >= 0.6 is 0 Å². The third-order valence-corrected chi connectivity index (χ3v) is 5.00. The van der Waals surface area contributed by atoms with Gasteiger partial charge in [0.25, 0.3) is 0 Å². The lowest BCUT2D eigenvalue weighted by atomic mass is 10.1. The monoisotopic (exact) mass is 342 g/mol. The first-order chi connectivity index (χ1) is 12.2. The van der Waals surface area contributed by atoms with E-state index >= 15 is 0 Å². The van der Waals surface area contributed by atoms with Crippen molar-refractivity contribution in [1.82, 2.24) is 20.1 Å². The molecule has 8 nitrogen and oxygen atoms in total. The molecule has 0 spiro atoms. The molecule has 0 radical (unpaired) electrons. The number of hydrogen-bond donors (Lipinski definition) is 2. The number of anilines is 1. The van der Waals surface area contributed by atoms with Gasteiger partial charge in [0, 0.05) is 43.0 Å². The van der Waals surface area contributed by atoms with Crippen molar-refractivity contribution >= 4 is 11.7 Å². The summed E-state index contributed by atoms with van der Waals surface area (Å²) in [5.74, 6) is 1.21. The summed E-state index contributed by atoms with van der Waals surface area (Å²) in [6.45, 7) is 2.35. The SMILES string of the molecule is COc1nc(N2CCC(N3CCC(N)C3)C2=O)ccc1-c1cn[nH]c1. The van der Waals surface area contributed by atoms with Crippen LogP contribution < -0.4 is 15.4 Å². The van der Waals surface area contributed by atoms with Crippen LogP contribution in [0.15, 0.2) is 24.5 Å². The van der Waals surface area contributed by atoms with Gasteiger partial charge in [0.1, 0.15) is 5.82 Å². The van der Waals surface area contributed by atoms with Gasteiger partial charge in [0.05, 0.1) is 19.3 Å². The second-order valence-electron chi connectivity index (χ2n) is 6.55. The summed E-state index contributed by atoms with van der Waals surface area (Å²) in [7, 11) is 1.58. The highest BCUT2D eigenvalue weighted by molar-refractivity contribution is 5.99. The van der Waals surface area contributed by atoms with E-state index in [1.807, 2.05) is 12.1 Å². The van der Waals surface area contributed by atoms with Gasteiger partial charge in [-0.3, -0.25) is 19.7 Å². The van der Waals surface area contributed by atoms with Crippen molar-refractivity contribution in [3.05, 3.63) is 24.5 Å². The minimum absolute atomic E-state index is 0.0881. The fourth-order valence-electron chi connectivity index (χ4n) is 3.68. The predicted octanol–water partition coefficient (Wildman–Crippen LogP) is 0.619. The Hall–Kier alpha value is -2.45. The molecule has 0 aliphatic carbocycles. The topological polar surface area (TPSA) is 100 Å². The van der Waals surface area contributed by atoms with Crippen LogP contribution in [0, 0.1) is 0 Å². The third-order valence-electron chi connectivity index (χ3n) is 5.00. The van der Waals surface area contributed by atoms with Gasteiger partial charge < -0.3 is 10.5 Å². The number of hydrogen-bond acceptors (Lipinski definition) is 6. The first-order valence-corrected chi connectivity index (χ1v) is 8.52. The average Bonchev–Trinajstić information content (AvgIpc) is 3.35. The Morgan fingerprint density at radius 2 is 2.20 bits per heavy atom. The molecule has 4 heterocycles. The molecule has 2 atom stereocenters. The summed E-state index contributed by atoms with van der Waals surface area (Å²) in [4.78, 5) is 21.4. The maximum absolute atomic E-state index is 12.9. The first kappa shape index (κ1) is 16.0. The van der Waals surface area contributed by atoms with E-state index in [2.05, 4.69) is 20.1 Å². The molecule has 2 aromatic rings. The summed E-state index contributed by atoms with van der Waals surface area (Å²) in [5.41, 5.74) is 7.72. The lowest BCUT2D eigenvalue weighted by Gasteiger charge is -2.23. The van der Waals surface area contributed by atoms with Crippen LogP contribution in [0.5, 0.6) is 5.88 Å². The molecular weight excluding hydrogens is 320 g/mol. The van der Waals surface area contributed by atoms with Crippen LogP contribution in [-0.4, -0.2) is 64.8 Å². The van der Waals surface area contributed by atoms with Crippen molar-refractivity contribution in [1.29, 1.82) is 0 Å². The number of aromatic nitrogens is 3. The smallest absolute Gasteiger partial charge is 0.245 e. The van der Waals surface area contributed by atoms with Crippen LogP contribution in [0.3, 0.4) is 0 Å². The minimum atomic E-state index is -0.0881. The molecule has 25 heavy (non-hydrogen) atoms. The average molecular weight is 342 g/mol. The van der Waals surface area contributed by atoms with Crippen molar-refractivity contribution in [3.8, 4) is 17.0 Å². The maximum atomic E-state index is 12.9.